The normalized spacial score (nSPS) is 16.0. The van der Waals surface area contributed by atoms with Gasteiger partial charge in [-0.05, 0) is 29.9 Å². The summed E-state index contributed by atoms with van der Waals surface area (Å²) in [6, 6.07) is 13.9. The van der Waals surface area contributed by atoms with E-state index in [1.807, 2.05) is 47.8 Å². The van der Waals surface area contributed by atoms with Crippen LogP contribution in [0.25, 0.3) is 0 Å². The number of rotatable bonds is 6. The van der Waals surface area contributed by atoms with Crippen molar-refractivity contribution in [3.05, 3.63) is 58.3 Å². The number of nitrogens with one attached hydrogen (secondary N) is 1. The first-order valence-electron chi connectivity index (χ1n) is 8.53. The van der Waals surface area contributed by atoms with E-state index in [1.165, 1.54) is 24.2 Å². The number of carbonyl (C=O) groups is 1. The van der Waals surface area contributed by atoms with Gasteiger partial charge < -0.3 is 15.3 Å². The Morgan fingerprint density at radius 1 is 1.21 bits per heavy atom. The molecule has 1 aliphatic carbocycles. The van der Waals surface area contributed by atoms with Crippen LogP contribution < -0.4 is 5.32 Å². The maximum Gasteiger partial charge on any atom is 0.318 e. The number of nitrogens with zero attached hydrogens (tertiary/aromatic N) is 1. The van der Waals surface area contributed by atoms with Crippen molar-refractivity contribution in [1.82, 2.24) is 10.2 Å². The van der Waals surface area contributed by atoms with Crippen LogP contribution in [0.2, 0.25) is 0 Å². The molecule has 1 aromatic heterocycles. The van der Waals surface area contributed by atoms with Crippen molar-refractivity contribution in [3.8, 4) is 0 Å². The zero-order valence-corrected chi connectivity index (χ0v) is 14.5. The Balaban J connectivity index is 1.68. The van der Waals surface area contributed by atoms with Gasteiger partial charge in [0, 0.05) is 17.5 Å². The summed E-state index contributed by atoms with van der Waals surface area (Å²) in [7, 11) is 0. The Bertz CT molecular complexity index is 624. The average molecular weight is 344 g/mol. The van der Waals surface area contributed by atoms with Gasteiger partial charge in [-0.25, -0.2) is 4.79 Å². The van der Waals surface area contributed by atoms with E-state index < -0.39 is 6.10 Å². The first kappa shape index (κ1) is 17.0. The van der Waals surface area contributed by atoms with Crippen LogP contribution in [-0.4, -0.2) is 28.6 Å². The van der Waals surface area contributed by atoms with E-state index in [4.69, 9.17) is 0 Å². The number of carbonyl (C=O) groups excluding carboxylic acids is 1. The van der Waals surface area contributed by atoms with Crippen LogP contribution in [0, 0.1) is 0 Å². The van der Waals surface area contributed by atoms with Gasteiger partial charge in [-0.2, -0.15) is 0 Å². The molecule has 0 spiro atoms. The summed E-state index contributed by atoms with van der Waals surface area (Å²) < 4.78 is 0. The minimum atomic E-state index is -0.650. The van der Waals surface area contributed by atoms with Gasteiger partial charge in [-0.3, -0.25) is 0 Å². The molecule has 0 saturated heterocycles. The predicted octanol–water partition coefficient (Wildman–Crippen LogP) is 3.94. The van der Waals surface area contributed by atoms with Crippen molar-refractivity contribution in [2.24, 2.45) is 0 Å². The minimum absolute atomic E-state index is 0.0821. The molecule has 1 fully saturated rings. The van der Waals surface area contributed by atoms with Crippen LogP contribution in [0.4, 0.5) is 4.79 Å². The van der Waals surface area contributed by atoms with Crippen LogP contribution >= 0.6 is 11.3 Å². The quantitative estimate of drug-likeness (QED) is 0.834. The highest BCUT2D eigenvalue weighted by Gasteiger charge is 2.23. The maximum absolute atomic E-state index is 12.7. The number of aliphatic hydroxyl groups excluding tert-OH is 1. The highest BCUT2D eigenvalue weighted by Crippen LogP contribution is 2.22. The van der Waals surface area contributed by atoms with E-state index >= 15 is 0 Å². The molecule has 128 valence electrons. The van der Waals surface area contributed by atoms with E-state index in [9.17, 15) is 9.90 Å². The largest absolute Gasteiger partial charge is 0.386 e. The number of aliphatic hydroxyl groups is 1. The Morgan fingerprint density at radius 2 is 1.96 bits per heavy atom. The summed E-state index contributed by atoms with van der Waals surface area (Å²) in [5, 5.41) is 15.5. The molecule has 5 heteroatoms. The number of hydrogen-bond donors (Lipinski definition) is 2. The molecule has 2 N–H and O–H groups in total. The summed E-state index contributed by atoms with van der Waals surface area (Å²) in [5.74, 6) is 0. The van der Waals surface area contributed by atoms with Crippen molar-refractivity contribution in [2.75, 3.05) is 6.54 Å². The Morgan fingerprint density at radius 3 is 2.62 bits per heavy atom. The standard InChI is InChI=1S/C19H24N2O2S/c22-17(18-11-6-12-24-18)14-21(13-15-7-2-1-3-8-15)19(23)20-16-9-4-5-10-16/h1-3,6-8,11-12,16-17,22H,4-5,9-10,13-14H2,(H,20,23). The van der Waals surface area contributed by atoms with Crippen molar-refractivity contribution in [3.63, 3.8) is 0 Å². The molecule has 1 saturated carbocycles. The van der Waals surface area contributed by atoms with Crippen LogP contribution in [0.3, 0.4) is 0 Å². The monoisotopic (exact) mass is 344 g/mol. The molecule has 2 aromatic rings. The molecule has 2 amide bonds. The van der Waals surface area contributed by atoms with Crippen molar-refractivity contribution < 1.29 is 9.90 Å². The van der Waals surface area contributed by atoms with Gasteiger partial charge in [0.15, 0.2) is 0 Å². The molecule has 1 heterocycles. The maximum atomic E-state index is 12.7. The van der Waals surface area contributed by atoms with E-state index in [0.717, 1.165) is 23.3 Å². The first-order chi connectivity index (χ1) is 11.7. The molecule has 4 nitrogen and oxygen atoms in total. The molecule has 1 atom stereocenters. The lowest BCUT2D eigenvalue weighted by Crippen LogP contribution is -2.45. The number of amides is 2. The van der Waals surface area contributed by atoms with Gasteiger partial charge in [-0.15, -0.1) is 11.3 Å². The number of benzene rings is 1. The smallest absolute Gasteiger partial charge is 0.318 e. The number of hydrogen-bond acceptors (Lipinski definition) is 3. The molecular weight excluding hydrogens is 320 g/mol. The zero-order valence-electron chi connectivity index (χ0n) is 13.7. The molecule has 1 aromatic carbocycles. The summed E-state index contributed by atoms with van der Waals surface area (Å²) in [5.41, 5.74) is 1.07. The fourth-order valence-electron chi connectivity index (χ4n) is 3.14. The molecular formula is C19H24N2O2S. The van der Waals surface area contributed by atoms with Crippen molar-refractivity contribution in [2.45, 2.75) is 44.4 Å². The van der Waals surface area contributed by atoms with Crippen LogP contribution in [0.1, 0.15) is 42.2 Å². The molecule has 3 rings (SSSR count). The zero-order chi connectivity index (χ0) is 16.8. The summed E-state index contributed by atoms with van der Waals surface area (Å²) in [6.45, 7) is 0.801. The molecule has 24 heavy (non-hydrogen) atoms. The lowest BCUT2D eigenvalue weighted by molar-refractivity contribution is 0.119. The second-order valence-corrected chi connectivity index (χ2v) is 7.31. The lowest BCUT2D eigenvalue weighted by Gasteiger charge is -2.27. The summed E-state index contributed by atoms with van der Waals surface area (Å²) in [4.78, 5) is 15.3. The van der Waals surface area contributed by atoms with Crippen LogP contribution in [0.5, 0.6) is 0 Å². The fourth-order valence-corrected chi connectivity index (χ4v) is 3.84. The van der Waals surface area contributed by atoms with Gasteiger partial charge in [0.1, 0.15) is 6.10 Å². The number of urea groups is 1. The van der Waals surface area contributed by atoms with Gasteiger partial charge >= 0.3 is 6.03 Å². The van der Waals surface area contributed by atoms with Crippen molar-refractivity contribution in [1.29, 1.82) is 0 Å². The lowest BCUT2D eigenvalue weighted by atomic mass is 10.2. The SMILES string of the molecule is O=C(NC1CCCC1)N(Cc1ccccc1)CC(O)c1cccs1. The highest BCUT2D eigenvalue weighted by molar-refractivity contribution is 7.10. The van der Waals surface area contributed by atoms with E-state index in [2.05, 4.69) is 5.32 Å². The topological polar surface area (TPSA) is 52.6 Å². The second kappa shape index (κ2) is 8.31. The average Bonchev–Trinajstić information content (AvgIpc) is 3.29. The van der Waals surface area contributed by atoms with E-state index in [1.54, 1.807) is 4.90 Å². The third kappa shape index (κ3) is 4.58. The van der Waals surface area contributed by atoms with Gasteiger partial charge in [0.05, 0.1) is 6.54 Å². The fraction of sp³-hybridized carbons (Fsp3) is 0.421. The Kier molecular flexibility index (Phi) is 5.88. The Labute approximate surface area is 147 Å². The van der Waals surface area contributed by atoms with Crippen LogP contribution in [0.15, 0.2) is 47.8 Å². The first-order valence-corrected chi connectivity index (χ1v) is 9.41. The third-order valence-corrected chi connectivity index (χ3v) is 5.42. The van der Waals surface area contributed by atoms with E-state index in [-0.39, 0.29) is 12.1 Å². The molecule has 0 radical (unpaired) electrons. The highest BCUT2D eigenvalue weighted by atomic mass is 32.1. The van der Waals surface area contributed by atoms with Crippen molar-refractivity contribution >= 4 is 17.4 Å². The molecule has 0 bridgehead atoms. The van der Waals surface area contributed by atoms with Gasteiger partial charge in [-0.1, -0.05) is 49.2 Å². The second-order valence-electron chi connectivity index (χ2n) is 6.33. The molecule has 1 aliphatic rings. The molecule has 0 aliphatic heterocycles. The minimum Gasteiger partial charge on any atom is -0.386 e. The molecule has 1 unspecified atom stereocenters. The van der Waals surface area contributed by atoms with Gasteiger partial charge in [0.25, 0.3) is 0 Å². The third-order valence-electron chi connectivity index (χ3n) is 4.45. The Hall–Kier alpha value is -1.85. The summed E-state index contributed by atoms with van der Waals surface area (Å²) >= 11 is 1.52. The number of thiophene rings is 1. The van der Waals surface area contributed by atoms with Crippen LogP contribution in [-0.2, 0) is 6.54 Å². The van der Waals surface area contributed by atoms with E-state index in [0.29, 0.717) is 13.1 Å². The predicted molar refractivity (Wildman–Crippen MR) is 96.9 cm³/mol. The van der Waals surface area contributed by atoms with Gasteiger partial charge in [0.2, 0.25) is 0 Å². The summed E-state index contributed by atoms with van der Waals surface area (Å²) in [6.07, 6.45) is 3.82.